The number of carboxylic acid groups (broad SMARTS) is 1. The largest absolute Gasteiger partial charge is 0.490 e. The standard InChI is InChI=1S/C26H25BrO4/c1-2-30-25(26(28)29)18-19-8-14-23(15-9-19)31-17-16-24(20-6-4-3-5-7-20)21-10-12-22(27)13-11-21/h3-16,25H,2,17-18H2,1H3,(H,28,29)/t25-/m0/s1. The van der Waals surface area contributed by atoms with Crippen LogP contribution in [0.1, 0.15) is 23.6 Å². The van der Waals surface area contributed by atoms with E-state index in [1.165, 1.54) is 0 Å². The van der Waals surface area contributed by atoms with Crippen molar-refractivity contribution in [3.63, 3.8) is 0 Å². The third-order valence-corrected chi connectivity index (χ3v) is 5.29. The zero-order chi connectivity index (χ0) is 22.1. The maximum atomic E-state index is 11.3. The summed E-state index contributed by atoms with van der Waals surface area (Å²) in [6.45, 7) is 2.57. The van der Waals surface area contributed by atoms with Crippen molar-refractivity contribution in [1.29, 1.82) is 0 Å². The third-order valence-electron chi connectivity index (χ3n) is 4.77. The van der Waals surface area contributed by atoms with Crippen LogP contribution in [-0.2, 0) is 16.0 Å². The van der Waals surface area contributed by atoms with E-state index in [4.69, 9.17) is 9.47 Å². The number of benzene rings is 3. The Bertz CT molecular complexity index is 996. The molecule has 0 aliphatic heterocycles. The van der Waals surface area contributed by atoms with Crippen LogP contribution < -0.4 is 4.74 Å². The van der Waals surface area contributed by atoms with Crippen molar-refractivity contribution in [2.24, 2.45) is 0 Å². The van der Waals surface area contributed by atoms with Crippen LogP contribution in [0.5, 0.6) is 5.75 Å². The Labute approximate surface area is 191 Å². The lowest BCUT2D eigenvalue weighted by molar-refractivity contribution is -0.149. The lowest BCUT2D eigenvalue weighted by Gasteiger charge is -2.13. The van der Waals surface area contributed by atoms with Crippen molar-refractivity contribution in [3.8, 4) is 5.75 Å². The van der Waals surface area contributed by atoms with E-state index in [0.29, 0.717) is 19.6 Å². The molecule has 0 radical (unpaired) electrons. The molecular formula is C26H25BrO4. The molecule has 1 atom stereocenters. The van der Waals surface area contributed by atoms with Gasteiger partial charge in [-0.2, -0.15) is 0 Å². The summed E-state index contributed by atoms with van der Waals surface area (Å²) in [4.78, 5) is 11.3. The Hall–Kier alpha value is -2.89. The van der Waals surface area contributed by atoms with Gasteiger partial charge in [0.25, 0.3) is 0 Å². The van der Waals surface area contributed by atoms with Gasteiger partial charge in [0.05, 0.1) is 0 Å². The molecular weight excluding hydrogens is 456 g/mol. The number of aliphatic carboxylic acids is 1. The summed E-state index contributed by atoms with van der Waals surface area (Å²) < 4.78 is 12.2. The summed E-state index contributed by atoms with van der Waals surface area (Å²) in [6.07, 6.45) is 1.56. The van der Waals surface area contributed by atoms with Gasteiger partial charge in [-0.15, -0.1) is 0 Å². The van der Waals surface area contributed by atoms with Crippen molar-refractivity contribution in [2.45, 2.75) is 19.4 Å². The van der Waals surface area contributed by atoms with Crippen LogP contribution in [0.15, 0.2) is 89.4 Å². The Kier molecular flexibility index (Phi) is 8.44. The molecule has 0 aliphatic carbocycles. The van der Waals surface area contributed by atoms with Crippen molar-refractivity contribution in [3.05, 3.63) is 106 Å². The minimum absolute atomic E-state index is 0.324. The smallest absolute Gasteiger partial charge is 0.333 e. The number of hydrogen-bond acceptors (Lipinski definition) is 3. The highest BCUT2D eigenvalue weighted by Crippen LogP contribution is 2.25. The molecule has 3 aromatic rings. The normalized spacial score (nSPS) is 12.4. The Morgan fingerprint density at radius 1 is 0.968 bits per heavy atom. The fourth-order valence-electron chi connectivity index (χ4n) is 3.23. The highest BCUT2D eigenvalue weighted by atomic mass is 79.9. The molecule has 0 fully saturated rings. The number of ether oxygens (including phenoxy) is 2. The highest BCUT2D eigenvalue weighted by Gasteiger charge is 2.17. The molecule has 4 nitrogen and oxygen atoms in total. The lowest BCUT2D eigenvalue weighted by atomic mass is 9.98. The zero-order valence-electron chi connectivity index (χ0n) is 17.3. The van der Waals surface area contributed by atoms with E-state index in [-0.39, 0.29) is 0 Å². The SMILES string of the molecule is CCO[C@@H](Cc1ccc(OCC=C(c2ccccc2)c2ccc(Br)cc2)cc1)C(=O)O. The van der Waals surface area contributed by atoms with Crippen LogP contribution >= 0.6 is 15.9 Å². The molecule has 0 spiro atoms. The summed E-state index contributed by atoms with van der Waals surface area (Å²) in [5.41, 5.74) is 4.23. The molecule has 0 aliphatic rings. The number of rotatable bonds is 10. The number of carbonyl (C=O) groups is 1. The van der Waals surface area contributed by atoms with Gasteiger partial charge < -0.3 is 14.6 Å². The van der Waals surface area contributed by atoms with E-state index in [9.17, 15) is 9.90 Å². The Morgan fingerprint density at radius 2 is 1.61 bits per heavy atom. The monoisotopic (exact) mass is 480 g/mol. The zero-order valence-corrected chi connectivity index (χ0v) is 18.9. The molecule has 160 valence electrons. The molecule has 31 heavy (non-hydrogen) atoms. The molecule has 0 saturated heterocycles. The molecule has 1 N–H and O–H groups in total. The summed E-state index contributed by atoms with van der Waals surface area (Å²) >= 11 is 3.49. The van der Waals surface area contributed by atoms with Gasteiger partial charge in [0.15, 0.2) is 6.10 Å². The maximum Gasteiger partial charge on any atom is 0.333 e. The van der Waals surface area contributed by atoms with E-state index < -0.39 is 12.1 Å². The lowest BCUT2D eigenvalue weighted by Crippen LogP contribution is -2.26. The van der Waals surface area contributed by atoms with Crippen molar-refractivity contribution in [1.82, 2.24) is 0 Å². The van der Waals surface area contributed by atoms with E-state index in [0.717, 1.165) is 32.5 Å². The first-order valence-corrected chi connectivity index (χ1v) is 10.9. The predicted octanol–water partition coefficient (Wildman–Crippen LogP) is 5.99. The molecule has 0 saturated carbocycles. The van der Waals surface area contributed by atoms with E-state index in [1.54, 1.807) is 6.92 Å². The fraction of sp³-hybridized carbons (Fsp3) is 0.192. The maximum absolute atomic E-state index is 11.3. The van der Waals surface area contributed by atoms with Crippen LogP contribution in [-0.4, -0.2) is 30.4 Å². The second-order valence-electron chi connectivity index (χ2n) is 6.93. The van der Waals surface area contributed by atoms with Gasteiger partial charge in [0, 0.05) is 17.5 Å². The van der Waals surface area contributed by atoms with Crippen molar-refractivity contribution in [2.75, 3.05) is 13.2 Å². The third kappa shape index (κ3) is 6.81. The van der Waals surface area contributed by atoms with Crippen LogP contribution in [0.25, 0.3) is 5.57 Å². The molecule has 0 unspecified atom stereocenters. The average molecular weight is 481 g/mol. The topological polar surface area (TPSA) is 55.8 Å². The second kappa shape index (κ2) is 11.5. The van der Waals surface area contributed by atoms with Crippen LogP contribution in [0.2, 0.25) is 0 Å². The molecule has 0 amide bonds. The first-order valence-electron chi connectivity index (χ1n) is 10.1. The van der Waals surface area contributed by atoms with Gasteiger partial charge in [-0.05, 0) is 59.5 Å². The number of halogens is 1. The molecule has 3 rings (SSSR count). The predicted molar refractivity (Wildman–Crippen MR) is 126 cm³/mol. The Balaban J connectivity index is 1.69. The van der Waals surface area contributed by atoms with Crippen LogP contribution in [0, 0.1) is 0 Å². The van der Waals surface area contributed by atoms with Gasteiger partial charge in [-0.1, -0.05) is 70.5 Å². The Morgan fingerprint density at radius 3 is 2.23 bits per heavy atom. The molecule has 3 aromatic carbocycles. The quantitative estimate of drug-likeness (QED) is 0.387. The average Bonchev–Trinajstić information content (AvgIpc) is 2.79. The van der Waals surface area contributed by atoms with Crippen molar-refractivity contribution < 1.29 is 19.4 Å². The second-order valence-corrected chi connectivity index (χ2v) is 7.85. The number of hydrogen-bond donors (Lipinski definition) is 1. The van der Waals surface area contributed by atoms with Gasteiger partial charge in [-0.3, -0.25) is 0 Å². The summed E-state index contributed by atoms with van der Waals surface area (Å²) in [6, 6.07) is 25.9. The molecule has 0 aromatic heterocycles. The van der Waals surface area contributed by atoms with E-state index in [2.05, 4.69) is 46.3 Å². The summed E-state index contributed by atoms with van der Waals surface area (Å²) in [7, 11) is 0. The molecule has 5 heteroatoms. The highest BCUT2D eigenvalue weighted by molar-refractivity contribution is 9.10. The van der Waals surface area contributed by atoms with Crippen LogP contribution in [0.3, 0.4) is 0 Å². The van der Waals surface area contributed by atoms with Gasteiger partial charge in [0.2, 0.25) is 0 Å². The van der Waals surface area contributed by atoms with Crippen molar-refractivity contribution >= 4 is 27.5 Å². The first kappa shape index (κ1) is 22.8. The minimum atomic E-state index is -0.950. The van der Waals surface area contributed by atoms with E-state index >= 15 is 0 Å². The minimum Gasteiger partial charge on any atom is -0.490 e. The van der Waals surface area contributed by atoms with Gasteiger partial charge in [-0.25, -0.2) is 4.79 Å². The van der Waals surface area contributed by atoms with E-state index in [1.807, 2.05) is 54.6 Å². The fourth-order valence-corrected chi connectivity index (χ4v) is 3.49. The molecule has 0 heterocycles. The molecule has 0 bridgehead atoms. The number of carboxylic acids is 1. The first-order chi connectivity index (χ1) is 15.1. The van der Waals surface area contributed by atoms with Gasteiger partial charge >= 0.3 is 5.97 Å². The summed E-state index contributed by atoms with van der Waals surface area (Å²) in [5, 5.41) is 9.23. The van der Waals surface area contributed by atoms with Crippen LogP contribution in [0.4, 0.5) is 0 Å². The summed E-state index contributed by atoms with van der Waals surface area (Å²) in [5.74, 6) is -0.222. The van der Waals surface area contributed by atoms with Gasteiger partial charge in [0.1, 0.15) is 12.4 Å².